The maximum Gasteiger partial charge on any atom is 0.314 e. The predicted molar refractivity (Wildman–Crippen MR) is 120 cm³/mol. The Kier molecular flexibility index (Phi) is 5.92. The van der Waals surface area contributed by atoms with Crippen LogP contribution in [0.15, 0.2) is 48.5 Å². The van der Waals surface area contributed by atoms with E-state index in [9.17, 15) is 9.59 Å². The predicted octanol–water partition coefficient (Wildman–Crippen LogP) is 5.57. The molecule has 0 spiro atoms. The Balaban J connectivity index is 1.42. The minimum Gasteiger partial charge on any atom is -0.497 e. The third-order valence-electron chi connectivity index (χ3n) is 7.41. The number of methoxy groups -OCH3 is 1. The quantitative estimate of drug-likeness (QED) is 0.434. The van der Waals surface area contributed by atoms with Crippen molar-refractivity contribution in [2.75, 3.05) is 7.11 Å². The summed E-state index contributed by atoms with van der Waals surface area (Å²) in [6.07, 6.45) is 3.65. The zero-order valence-electron chi connectivity index (χ0n) is 18.9. The molecule has 4 rings (SSSR count). The smallest absolute Gasteiger partial charge is 0.314 e. The highest BCUT2D eigenvalue weighted by Gasteiger charge is 2.49. The van der Waals surface area contributed by atoms with Gasteiger partial charge in [-0.25, -0.2) is 0 Å². The van der Waals surface area contributed by atoms with Gasteiger partial charge in [-0.05, 0) is 79.3 Å². The van der Waals surface area contributed by atoms with Crippen molar-refractivity contribution in [2.45, 2.75) is 51.9 Å². The number of rotatable bonds is 7. The highest BCUT2D eigenvalue weighted by atomic mass is 16.5. The molecule has 2 saturated carbocycles. The maximum atomic E-state index is 12.9. The van der Waals surface area contributed by atoms with E-state index in [0.717, 1.165) is 30.6 Å². The standard InChI is InChI=1S/C27H32O4/c1-17(28)13-19-14-18-15-24(19)25(16-18)26(29)31-23-11-7-21(8-12-23)27(2,3)20-5-9-22(30-4)10-6-20/h5-12,18-19,24-25H,13-16H2,1-4H3. The number of carbonyl (C=O) groups excluding carboxylic acids is 2. The van der Waals surface area contributed by atoms with Crippen molar-refractivity contribution < 1.29 is 19.1 Å². The molecule has 2 aliphatic rings. The van der Waals surface area contributed by atoms with Crippen molar-refractivity contribution in [2.24, 2.45) is 23.7 Å². The first-order chi connectivity index (χ1) is 14.8. The molecule has 0 radical (unpaired) electrons. The van der Waals surface area contributed by atoms with Crippen LogP contribution in [0.1, 0.15) is 57.6 Å². The highest BCUT2D eigenvalue weighted by molar-refractivity contribution is 5.78. The van der Waals surface area contributed by atoms with Crippen molar-refractivity contribution >= 4 is 11.8 Å². The molecule has 2 aromatic carbocycles. The van der Waals surface area contributed by atoms with Crippen LogP contribution in [-0.4, -0.2) is 18.9 Å². The minimum atomic E-state index is -0.181. The lowest BCUT2D eigenvalue weighted by atomic mass is 9.78. The summed E-state index contributed by atoms with van der Waals surface area (Å²) in [6.45, 7) is 6.01. The molecule has 0 heterocycles. The third-order valence-corrected chi connectivity index (χ3v) is 7.41. The summed E-state index contributed by atoms with van der Waals surface area (Å²) in [5.41, 5.74) is 2.16. The van der Waals surface area contributed by atoms with E-state index < -0.39 is 0 Å². The van der Waals surface area contributed by atoms with Gasteiger partial charge in [0, 0.05) is 11.8 Å². The molecule has 0 amide bonds. The molecule has 4 atom stereocenters. The van der Waals surface area contributed by atoms with Crippen molar-refractivity contribution in [1.82, 2.24) is 0 Å². The molecule has 4 heteroatoms. The monoisotopic (exact) mass is 420 g/mol. The molecule has 2 fully saturated rings. The van der Waals surface area contributed by atoms with Crippen LogP contribution < -0.4 is 9.47 Å². The average Bonchev–Trinajstić information content (AvgIpc) is 3.34. The number of hydrogen-bond acceptors (Lipinski definition) is 4. The SMILES string of the molecule is COc1ccc(C(C)(C)c2ccc(OC(=O)C3CC4CC(CC(C)=O)C3C4)cc2)cc1. The summed E-state index contributed by atoms with van der Waals surface area (Å²) in [5, 5.41) is 0. The van der Waals surface area contributed by atoms with Gasteiger partial charge >= 0.3 is 5.97 Å². The van der Waals surface area contributed by atoms with E-state index in [4.69, 9.17) is 9.47 Å². The van der Waals surface area contributed by atoms with E-state index in [2.05, 4.69) is 26.0 Å². The summed E-state index contributed by atoms with van der Waals surface area (Å²) < 4.78 is 11.0. The molecule has 2 bridgehead atoms. The summed E-state index contributed by atoms with van der Waals surface area (Å²) in [7, 11) is 1.67. The van der Waals surface area contributed by atoms with Crippen molar-refractivity contribution in [3.63, 3.8) is 0 Å². The number of hydrogen-bond donors (Lipinski definition) is 0. The van der Waals surface area contributed by atoms with E-state index in [0.29, 0.717) is 29.9 Å². The first-order valence-corrected chi connectivity index (χ1v) is 11.2. The van der Waals surface area contributed by atoms with Crippen molar-refractivity contribution in [3.05, 3.63) is 59.7 Å². The molecule has 31 heavy (non-hydrogen) atoms. The summed E-state index contributed by atoms with van der Waals surface area (Å²) >= 11 is 0. The van der Waals surface area contributed by atoms with Gasteiger partial charge in [0.25, 0.3) is 0 Å². The lowest BCUT2D eigenvalue weighted by Crippen LogP contribution is -2.31. The van der Waals surface area contributed by atoms with Crippen LogP contribution in [0.2, 0.25) is 0 Å². The minimum absolute atomic E-state index is 0.0708. The van der Waals surface area contributed by atoms with Crippen LogP contribution in [0.3, 0.4) is 0 Å². The second kappa shape index (κ2) is 8.49. The first kappa shape index (κ1) is 21.6. The molecular weight excluding hydrogens is 388 g/mol. The number of fused-ring (bicyclic) bond motifs is 2. The second-order valence-corrected chi connectivity index (χ2v) is 9.81. The van der Waals surface area contributed by atoms with E-state index in [1.54, 1.807) is 14.0 Å². The lowest BCUT2D eigenvalue weighted by molar-refractivity contribution is -0.141. The second-order valence-electron chi connectivity index (χ2n) is 9.81. The lowest BCUT2D eigenvalue weighted by Gasteiger charge is -2.28. The number of esters is 1. The Morgan fingerprint density at radius 3 is 2.00 bits per heavy atom. The van der Waals surface area contributed by atoms with Crippen LogP contribution in [-0.2, 0) is 15.0 Å². The summed E-state index contributed by atoms with van der Waals surface area (Å²) in [5.74, 6) is 2.66. The van der Waals surface area contributed by atoms with Gasteiger partial charge in [-0.2, -0.15) is 0 Å². The molecule has 4 unspecified atom stereocenters. The number of carbonyl (C=O) groups is 2. The van der Waals surface area contributed by atoms with Gasteiger partial charge in [-0.15, -0.1) is 0 Å². The summed E-state index contributed by atoms with van der Waals surface area (Å²) in [6, 6.07) is 16.0. The maximum absolute atomic E-state index is 12.9. The number of ether oxygens (including phenoxy) is 2. The largest absolute Gasteiger partial charge is 0.497 e. The molecule has 164 valence electrons. The van der Waals surface area contributed by atoms with Gasteiger partial charge in [0.1, 0.15) is 17.3 Å². The van der Waals surface area contributed by atoms with Gasteiger partial charge in [0.15, 0.2) is 0 Å². The van der Waals surface area contributed by atoms with Gasteiger partial charge in [-0.1, -0.05) is 38.1 Å². The fourth-order valence-corrected chi connectivity index (χ4v) is 5.68. The molecule has 2 aromatic rings. The van der Waals surface area contributed by atoms with Gasteiger partial charge in [0.2, 0.25) is 0 Å². The van der Waals surface area contributed by atoms with Crippen LogP contribution in [0.5, 0.6) is 11.5 Å². The van der Waals surface area contributed by atoms with Crippen LogP contribution in [0.4, 0.5) is 0 Å². The van der Waals surface area contributed by atoms with E-state index in [-0.39, 0.29) is 23.1 Å². The van der Waals surface area contributed by atoms with Crippen LogP contribution >= 0.6 is 0 Å². The Bertz CT molecular complexity index is 942. The molecule has 0 aliphatic heterocycles. The van der Waals surface area contributed by atoms with E-state index in [1.165, 1.54) is 5.56 Å². The molecule has 2 aliphatic carbocycles. The topological polar surface area (TPSA) is 52.6 Å². The Hall–Kier alpha value is -2.62. The van der Waals surface area contributed by atoms with Crippen LogP contribution in [0, 0.1) is 23.7 Å². The Labute approximate surface area is 185 Å². The first-order valence-electron chi connectivity index (χ1n) is 11.2. The molecule has 0 aromatic heterocycles. The van der Waals surface area contributed by atoms with E-state index in [1.807, 2.05) is 36.4 Å². The molecule has 0 N–H and O–H groups in total. The number of benzene rings is 2. The zero-order valence-corrected chi connectivity index (χ0v) is 18.9. The Morgan fingerprint density at radius 1 is 0.903 bits per heavy atom. The number of ketones is 1. The summed E-state index contributed by atoms with van der Waals surface area (Å²) in [4.78, 5) is 24.4. The molecule has 0 saturated heterocycles. The van der Waals surface area contributed by atoms with Gasteiger partial charge in [-0.3, -0.25) is 4.79 Å². The fourth-order valence-electron chi connectivity index (χ4n) is 5.68. The third kappa shape index (κ3) is 4.39. The fraction of sp³-hybridized carbons (Fsp3) is 0.481. The van der Waals surface area contributed by atoms with Gasteiger partial charge < -0.3 is 14.3 Å². The Morgan fingerprint density at radius 2 is 1.48 bits per heavy atom. The van der Waals surface area contributed by atoms with E-state index >= 15 is 0 Å². The normalized spacial score (nSPS) is 24.8. The van der Waals surface area contributed by atoms with Crippen LogP contribution in [0.25, 0.3) is 0 Å². The molecular formula is C27H32O4. The van der Waals surface area contributed by atoms with Crippen molar-refractivity contribution in [1.29, 1.82) is 0 Å². The number of Topliss-reactive ketones (excluding diaryl/α,β-unsaturated/α-hetero) is 1. The van der Waals surface area contributed by atoms with Crippen molar-refractivity contribution in [3.8, 4) is 11.5 Å². The average molecular weight is 421 g/mol. The van der Waals surface area contributed by atoms with Gasteiger partial charge in [0.05, 0.1) is 13.0 Å². The molecule has 4 nitrogen and oxygen atoms in total. The zero-order chi connectivity index (χ0) is 22.2. The highest BCUT2D eigenvalue weighted by Crippen LogP contribution is 2.53.